The number of anilines is 1. The number of nitrogens with zero attached hydrogens (tertiary/aromatic N) is 1. The van der Waals surface area contributed by atoms with E-state index in [1.165, 1.54) is 18.2 Å². The van der Waals surface area contributed by atoms with Gasteiger partial charge >= 0.3 is 0 Å². The predicted octanol–water partition coefficient (Wildman–Crippen LogP) is 2.90. The van der Waals surface area contributed by atoms with Gasteiger partial charge in [-0.1, -0.05) is 18.5 Å². The first-order chi connectivity index (χ1) is 10.5. The molecule has 0 aromatic heterocycles. The highest BCUT2D eigenvalue weighted by Gasteiger charge is 2.32. The maximum atomic E-state index is 13.6. The number of halogens is 2. The van der Waals surface area contributed by atoms with Crippen molar-refractivity contribution in [1.29, 1.82) is 0 Å². The normalized spacial score (nSPS) is 18.2. The van der Waals surface area contributed by atoms with E-state index in [0.29, 0.717) is 5.02 Å². The molecule has 1 heterocycles. The Hall–Kier alpha value is -1.17. The lowest BCUT2D eigenvalue weighted by molar-refractivity contribution is -0.118. The summed E-state index contributed by atoms with van der Waals surface area (Å²) in [5.74, 6) is -0.754. The van der Waals surface area contributed by atoms with Gasteiger partial charge in [0.25, 0.3) is 0 Å². The Balaban J connectivity index is 1.87. The molecule has 0 radical (unpaired) electrons. The molecule has 0 unspecified atom stereocenters. The minimum absolute atomic E-state index is 0.00790. The number of nitrogens with one attached hydrogen (secondary N) is 1. The lowest BCUT2D eigenvalue weighted by Gasteiger charge is -2.39. The molecule has 6 heteroatoms. The molecule has 0 aliphatic carbocycles. The topological polar surface area (TPSA) is 52.6 Å². The first-order valence-corrected chi connectivity index (χ1v) is 7.94. The summed E-state index contributed by atoms with van der Waals surface area (Å²) in [6, 6.07) is 4.07. The van der Waals surface area contributed by atoms with Crippen LogP contribution in [0.4, 0.5) is 10.1 Å². The van der Waals surface area contributed by atoms with E-state index in [9.17, 15) is 14.3 Å². The molecular weight excluding hydrogens is 307 g/mol. The van der Waals surface area contributed by atoms with E-state index in [2.05, 4.69) is 12.2 Å². The van der Waals surface area contributed by atoms with Gasteiger partial charge in [-0.15, -0.1) is 0 Å². The standard InChI is InChI=1S/C16H22ClFN2O2/c1-2-16(11-21)5-7-20(8-6-16)10-15(22)19-14-9-12(17)3-4-13(14)18/h3-4,9,21H,2,5-8,10-11H2,1H3,(H,19,22). The van der Waals surface area contributed by atoms with Crippen molar-refractivity contribution < 1.29 is 14.3 Å². The molecule has 1 aliphatic rings. The summed E-state index contributed by atoms with van der Waals surface area (Å²) in [5.41, 5.74) is 0.0965. The van der Waals surface area contributed by atoms with Gasteiger partial charge in [-0.3, -0.25) is 9.69 Å². The van der Waals surface area contributed by atoms with E-state index in [4.69, 9.17) is 11.6 Å². The number of aliphatic hydroxyl groups excluding tert-OH is 1. The van der Waals surface area contributed by atoms with Crippen molar-refractivity contribution >= 4 is 23.2 Å². The van der Waals surface area contributed by atoms with Crippen LogP contribution in [0.2, 0.25) is 5.02 Å². The van der Waals surface area contributed by atoms with E-state index < -0.39 is 5.82 Å². The minimum Gasteiger partial charge on any atom is -0.396 e. The fourth-order valence-electron chi connectivity index (χ4n) is 2.80. The van der Waals surface area contributed by atoms with Gasteiger partial charge in [-0.2, -0.15) is 0 Å². The smallest absolute Gasteiger partial charge is 0.238 e. The number of carbonyl (C=O) groups is 1. The zero-order valence-corrected chi connectivity index (χ0v) is 13.5. The van der Waals surface area contributed by atoms with Crippen molar-refractivity contribution in [3.05, 3.63) is 29.0 Å². The molecule has 1 aromatic rings. The van der Waals surface area contributed by atoms with E-state index >= 15 is 0 Å². The lowest BCUT2D eigenvalue weighted by Crippen LogP contribution is -2.44. The van der Waals surface area contributed by atoms with Gasteiger partial charge in [-0.05, 0) is 56.0 Å². The Labute approximate surface area is 135 Å². The van der Waals surface area contributed by atoms with Gasteiger partial charge in [0.2, 0.25) is 5.91 Å². The summed E-state index contributed by atoms with van der Waals surface area (Å²) in [5, 5.41) is 12.4. The molecule has 2 rings (SSSR count). The van der Waals surface area contributed by atoms with Gasteiger partial charge in [0.1, 0.15) is 5.82 Å². The summed E-state index contributed by atoms with van der Waals surface area (Å²) in [6.45, 7) is 4.02. The highest BCUT2D eigenvalue weighted by Crippen LogP contribution is 2.34. The average Bonchev–Trinajstić information content (AvgIpc) is 2.52. The number of hydrogen-bond donors (Lipinski definition) is 2. The second kappa shape index (κ2) is 7.40. The lowest BCUT2D eigenvalue weighted by atomic mass is 9.77. The molecule has 4 nitrogen and oxygen atoms in total. The maximum absolute atomic E-state index is 13.6. The second-order valence-corrected chi connectivity index (χ2v) is 6.40. The maximum Gasteiger partial charge on any atom is 0.238 e. The third kappa shape index (κ3) is 4.18. The number of amides is 1. The molecule has 2 N–H and O–H groups in total. The van der Waals surface area contributed by atoms with Crippen LogP contribution in [-0.2, 0) is 4.79 Å². The molecule has 0 spiro atoms. The third-order valence-corrected chi connectivity index (χ3v) is 4.81. The molecule has 122 valence electrons. The Kier molecular flexibility index (Phi) is 5.78. The summed E-state index contributed by atoms with van der Waals surface area (Å²) < 4.78 is 13.6. The SMILES string of the molecule is CCC1(CO)CCN(CC(=O)Nc2cc(Cl)ccc2F)CC1. The summed E-state index contributed by atoms with van der Waals surface area (Å²) >= 11 is 5.80. The highest BCUT2D eigenvalue weighted by molar-refractivity contribution is 6.30. The fraction of sp³-hybridized carbons (Fsp3) is 0.562. The van der Waals surface area contributed by atoms with Crippen LogP contribution in [0.3, 0.4) is 0 Å². The molecule has 1 saturated heterocycles. The predicted molar refractivity (Wildman–Crippen MR) is 85.5 cm³/mol. The van der Waals surface area contributed by atoms with Gasteiger partial charge in [0.05, 0.1) is 12.2 Å². The molecule has 1 fully saturated rings. The molecule has 22 heavy (non-hydrogen) atoms. The van der Waals surface area contributed by atoms with Gasteiger partial charge in [0.15, 0.2) is 0 Å². The van der Waals surface area contributed by atoms with Crippen molar-refractivity contribution in [3.63, 3.8) is 0 Å². The van der Waals surface area contributed by atoms with Crippen LogP contribution in [0.25, 0.3) is 0 Å². The molecule has 1 amide bonds. The van der Waals surface area contributed by atoms with Crippen LogP contribution >= 0.6 is 11.6 Å². The molecule has 0 saturated carbocycles. The quantitative estimate of drug-likeness (QED) is 0.874. The van der Waals surface area contributed by atoms with E-state index in [-0.39, 0.29) is 30.2 Å². The number of likely N-dealkylation sites (tertiary alicyclic amines) is 1. The number of aliphatic hydroxyl groups is 1. The molecule has 1 aromatic carbocycles. The minimum atomic E-state index is -0.498. The first-order valence-electron chi connectivity index (χ1n) is 7.56. The Bertz CT molecular complexity index is 525. The molecule has 0 atom stereocenters. The average molecular weight is 329 g/mol. The van der Waals surface area contributed by atoms with Crippen molar-refractivity contribution in [2.45, 2.75) is 26.2 Å². The number of rotatable bonds is 5. The van der Waals surface area contributed by atoms with Crippen LogP contribution in [0.15, 0.2) is 18.2 Å². The number of piperidine rings is 1. The monoisotopic (exact) mass is 328 g/mol. The number of hydrogen-bond acceptors (Lipinski definition) is 3. The first kappa shape index (κ1) is 17.2. The zero-order valence-electron chi connectivity index (χ0n) is 12.7. The molecular formula is C16H22ClFN2O2. The van der Waals surface area contributed by atoms with Crippen LogP contribution < -0.4 is 5.32 Å². The van der Waals surface area contributed by atoms with E-state index in [0.717, 1.165) is 32.4 Å². The van der Waals surface area contributed by atoms with Crippen LogP contribution in [0.5, 0.6) is 0 Å². The van der Waals surface area contributed by atoms with Crippen molar-refractivity contribution in [2.24, 2.45) is 5.41 Å². The summed E-state index contributed by atoms with van der Waals surface area (Å²) in [6.07, 6.45) is 2.69. The van der Waals surface area contributed by atoms with Crippen molar-refractivity contribution in [3.8, 4) is 0 Å². The Morgan fingerprint density at radius 2 is 2.14 bits per heavy atom. The van der Waals surface area contributed by atoms with Gasteiger partial charge in [0, 0.05) is 11.6 Å². The highest BCUT2D eigenvalue weighted by atomic mass is 35.5. The van der Waals surface area contributed by atoms with Crippen LogP contribution in [0, 0.1) is 11.2 Å². The van der Waals surface area contributed by atoms with Crippen molar-refractivity contribution in [1.82, 2.24) is 4.90 Å². The largest absolute Gasteiger partial charge is 0.396 e. The van der Waals surface area contributed by atoms with E-state index in [1.54, 1.807) is 0 Å². The summed E-state index contributed by atoms with van der Waals surface area (Å²) in [7, 11) is 0. The van der Waals surface area contributed by atoms with Gasteiger partial charge < -0.3 is 10.4 Å². The third-order valence-electron chi connectivity index (χ3n) is 4.57. The Morgan fingerprint density at radius 1 is 1.45 bits per heavy atom. The molecule has 1 aliphatic heterocycles. The number of benzene rings is 1. The van der Waals surface area contributed by atoms with E-state index in [1.807, 2.05) is 4.90 Å². The van der Waals surface area contributed by atoms with Gasteiger partial charge in [-0.25, -0.2) is 4.39 Å². The fourth-order valence-corrected chi connectivity index (χ4v) is 2.97. The van der Waals surface area contributed by atoms with Crippen LogP contribution in [-0.4, -0.2) is 42.2 Å². The number of carbonyl (C=O) groups excluding carboxylic acids is 1. The van der Waals surface area contributed by atoms with Crippen molar-refractivity contribution in [2.75, 3.05) is 31.6 Å². The second-order valence-electron chi connectivity index (χ2n) is 5.96. The van der Waals surface area contributed by atoms with Crippen LogP contribution in [0.1, 0.15) is 26.2 Å². The zero-order chi connectivity index (χ0) is 16.2. The summed E-state index contributed by atoms with van der Waals surface area (Å²) in [4.78, 5) is 14.1. The molecule has 0 bridgehead atoms. The Morgan fingerprint density at radius 3 is 2.73 bits per heavy atom.